The first-order chi connectivity index (χ1) is 8.47. The SMILES string of the molecule is Fc1cc(C(F)(F)F)cc2sc3ccccc3c12. The van der Waals surface area contributed by atoms with Crippen LogP contribution in [0.4, 0.5) is 17.6 Å². The Morgan fingerprint density at radius 3 is 2.39 bits per heavy atom. The first-order valence-electron chi connectivity index (χ1n) is 5.15. The van der Waals surface area contributed by atoms with Crippen LogP contribution in [0.1, 0.15) is 5.56 Å². The molecule has 0 unspecified atom stereocenters. The van der Waals surface area contributed by atoms with E-state index in [0.29, 0.717) is 16.2 Å². The van der Waals surface area contributed by atoms with E-state index in [2.05, 4.69) is 0 Å². The molecule has 1 heterocycles. The standard InChI is InChI=1S/C13H6F4S/c14-9-5-7(13(15,16)17)6-11-12(9)8-3-1-2-4-10(8)18-11/h1-6H. The van der Waals surface area contributed by atoms with Crippen molar-refractivity contribution >= 4 is 31.5 Å². The third-order valence-corrected chi connectivity index (χ3v) is 3.88. The predicted molar refractivity (Wildman–Crippen MR) is 64.3 cm³/mol. The van der Waals surface area contributed by atoms with Gasteiger partial charge in [-0.3, -0.25) is 0 Å². The first-order valence-corrected chi connectivity index (χ1v) is 5.96. The Labute approximate surface area is 103 Å². The Morgan fingerprint density at radius 1 is 0.944 bits per heavy atom. The summed E-state index contributed by atoms with van der Waals surface area (Å²) in [5, 5.41) is 0.923. The maximum Gasteiger partial charge on any atom is 0.416 e. The molecule has 0 nitrogen and oxygen atoms in total. The second kappa shape index (κ2) is 3.68. The molecule has 5 heteroatoms. The highest BCUT2D eigenvalue weighted by molar-refractivity contribution is 7.25. The van der Waals surface area contributed by atoms with Gasteiger partial charge in [0.2, 0.25) is 0 Å². The molecule has 0 atom stereocenters. The summed E-state index contributed by atoms with van der Waals surface area (Å²) >= 11 is 1.17. The van der Waals surface area contributed by atoms with Gasteiger partial charge in [0, 0.05) is 20.2 Å². The molecule has 0 saturated heterocycles. The molecule has 0 aliphatic rings. The van der Waals surface area contributed by atoms with Gasteiger partial charge >= 0.3 is 6.18 Å². The number of rotatable bonds is 0. The minimum atomic E-state index is -4.52. The van der Waals surface area contributed by atoms with E-state index >= 15 is 0 Å². The van der Waals surface area contributed by atoms with Gasteiger partial charge in [0.25, 0.3) is 0 Å². The van der Waals surface area contributed by atoms with Crippen molar-refractivity contribution in [1.29, 1.82) is 0 Å². The molecule has 2 aromatic carbocycles. The van der Waals surface area contributed by atoms with E-state index in [4.69, 9.17) is 0 Å². The van der Waals surface area contributed by atoms with Gasteiger partial charge in [-0.05, 0) is 18.2 Å². The van der Waals surface area contributed by atoms with Gasteiger partial charge in [0.15, 0.2) is 0 Å². The summed E-state index contributed by atoms with van der Waals surface area (Å²) in [6.45, 7) is 0. The molecule has 0 aliphatic heterocycles. The van der Waals surface area contributed by atoms with Gasteiger partial charge in [0.1, 0.15) is 5.82 Å². The van der Waals surface area contributed by atoms with Crippen molar-refractivity contribution < 1.29 is 17.6 Å². The summed E-state index contributed by atoms with van der Waals surface area (Å²) in [6.07, 6.45) is -4.52. The van der Waals surface area contributed by atoms with E-state index in [1.54, 1.807) is 24.3 Å². The molecule has 0 N–H and O–H groups in total. The summed E-state index contributed by atoms with van der Waals surface area (Å²) in [7, 11) is 0. The summed E-state index contributed by atoms with van der Waals surface area (Å²) in [4.78, 5) is 0. The van der Waals surface area contributed by atoms with Crippen LogP contribution in [-0.4, -0.2) is 0 Å². The summed E-state index contributed by atoms with van der Waals surface area (Å²) in [5.41, 5.74) is -0.945. The highest BCUT2D eigenvalue weighted by atomic mass is 32.1. The van der Waals surface area contributed by atoms with E-state index in [1.807, 2.05) is 0 Å². The van der Waals surface area contributed by atoms with Crippen LogP contribution in [-0.2, 0) is 6.18 Å². The molecule has 0 fully saturated rings. The Hall–Kier alpha value is -1.62. The van der Waals surface area contributed by atoms with Crippen LogP contribution in [0.15, 0.2) is 36.4 Å². The van der Waals surface area contributed by atoms with Crippen LogP contribution < -0.4 is 0 Å². The quantitative estimate of drug-likeness (QED) is 0.492. The Bertz CT molecular complexity index is 740. The normalized spacial score (nSPS) is 12.4. The molecule has 0 bridgehead atoms. The number of alkyl halides is 3. The smallest absolute Gasteiger partial charge is 0.206 e. The highest BCUT2D eigenvalue weighted by Gasteiger charge is 2.32. The van der Waals surface area contributed by atoms with Gasteiger partial charge < -0.3 is 0 Å². The van der Waals surface area contributed by atoms with E-state index in [1.165, 1.54) is 11.3 Å². The second-order valence-corrected chi connectivity index (χ2v) is 5.01. The number of benzene rings is 2. The van der Waals surface area contributed by atoms with Crippen LogP contribution in [0, 0.1) is 5.82 Å². The van der Waals surface area contributed by atoms with Crippen molar-refractivity contribution in [3.8, 4) is 0 Å². The van der Waals surface area contributed by atoms with Crippen molar-refractivity contribution in [1.82, 2.24) is 0 Å². The van der Waals surface area contributed by atoms with Crippen LogP contribution in [0.5, 0.6) is 0 Å². The third kappa shape index (κ3) is 1.66. The van der Waals surface area contributed by atoms with Gasteiger partial charge in [-0.25, -0.2) is 4.39 Å². The lowest BCUT2D eigenvalue weighted by atomic mass is 10.1. The van der Waals surface area contributed by atoms with Crippen molar-refractivity contribution in [2.75, 3.05) is 0 Å². The maximum atomic E-state index is 13.8. The van der Waals surface area contributed by atoms with Gasteiger partial charge in [-0.1, -0.05) is 18.2 Å². The molecule has 0 aliphatic carbocycles. The molecule has 18 heavy (non-hydrogen) atoms. The Morgan fingerprint density at radius 2 is 1.67 bits per heavy atom. The molecule has 3 rings (SSSR count). The molecule has 0 saturated carbocycles. The van der Waals surface area contributed by atoms with E-state index in [-0.39, 0.29) is 5.39 Å². The zero-order valence-electron chi connectivity index (χ0n) is 8.88. The highest BCUT2D eigenvalue weighted by Crippen LogP contribution is 2.39. The molecule has 0 radical (unpaired) electrons. The van der Waals surface area contributed by atoms with Gasteiger partial charge in [0.05, 0.1) is 5.56 Å². The monoisotopic (exact) mass is 270 g/mol. The largest absolute Gasteiger partial charge is 0.416 e. The summed E-state index contributed by atoms with van der Waals surface area (Å²) in [5.74, 6) is -0.822. The number of fused-ring (bicyclic) bond motifs is 3. The van der Waals surface area contributed by atoms with Crippen LogP contribution in [0.2, 0.25) is 0 Å². The molecule has 3 aromatic rings. The number of hydrogen-bond donors (Lipinski definition) is 0. The van der Waals surface area contributed by atoms with Gasteiger partial charge in [-0.15, -0.1) is 11.3 Å². The van der Waals surface area contributed by atoms with Crippen molar-refractivity contribution in [3.05, 3.63) is 47.8 Å². The van der Waals surface area contributed by atoms with E-state index < -0.39 is 17.6 Å². The third-order valence-electron chi connectivity index (χ3n) is 2.76. The lowest BCUT2D eigenvalue weighted by molar-refractivity contribution is -0.137. The average Bonchev–Trinajstić information content (AvgIpc) is 2.66. The second-order valence-electron chi connectivity index (χ2n) is 3.93. The molecule has 92 valence electrons. The van der Waals surface area contributed by atoms with Crippen LogP contribution in [0.25, 0.3) is 20.2 Å². The molecular weight excluding hydrogens is 264 g/mol. The molecule has 1 aromatic heterocycles. The Kier molecular flexibility index (Phi) is 2.35. The average molecular weight is 270 g/mol. The van der Waals surface area contributed by atoms with E-state index in [9.17, 15) is 17.6 Å². The lowest BCUT2D eigenvalue weighted by Crippen LogP contribution is -2.04. The number of halogens is 4. The van der Waals surface area contributed by atoms with Crippen molar-refractivity contribution in [2.24, 2.45) is 0 Å². The van der Waals surface area contributed by atoms with Crippen LogP contribution >= 0.6 is 11.3 Å². The zero-order valence-corrected chi connectivity index (χ0v) is 9.70. The molecule has 0 amide bonds. The fourth-order valence-corrected chi connectivity index (χ4v) is 3.13. The van der Waals surface area contributed by atoms with Gasteiger partial charge in [-0.2, -0.15) is 13.2 Å². The molecular formula is C13H6F4S. The first kappa shape index (κ1) is 11.5. The fourth-order valence-electron chi connectivity index (χ4n) is 1.97. The van der Waals surface area contributed by atoms with Crippen molar-refractivity contribution in [3.63, 3.8) is 0 Å². The fraction of sp³-hybridized carbons (Fsp3) is 0.0769. The van der Waals surface area contributed by atoms with Crippen LogP contribution in [0.3, 0.4) is 0 Å². The summed E-state index contributed by atoms with van der Waals surface area (Å²) in [6, 6.07) is 8.56. The predicted octanol–water partition coefficient (Wildman–Crippen LogP) is 5.21. The zero-order chi connectivity index (χ0) is 12.9. The number of hydrogen-bond acceptors (Lipinski definition) is 1. The molecule has 0 spiro atoms. The lowest BCUT2D eigenvalue weighted by Gasteiger charge is -2.06. The summed E-state index contributed by atoms with van der Waals surface area (Å²) < 4.78 is 52.7. The minimum Gasteiger partial charge on any atom is -0.206 e. The van der Waals surface area contributed by atoms with E-state index in [0.717, 1.165) is 10.8 Å². The Balaban J connectivity index is 2.42. The number of thiophene rings is 1. The maximum absolute atomic E-state index is 13.8. The minimum absolute atomic E-state index is 0.267. The topological polar surface area (TPSA) is 0 Å². The van der Waals surface area contributed by atoms with Crippen molar-refractivity contribution in [2.45, 2.75) is 6.18 Å².